The number of nitrogens with zero attached hydrogens (tertiary/aromatic N) is 1. The van der Waals surface area contributed by atoms with Crippen molar-refractivity contribution >= 4 is 0 Å². The van der Waals surface area contributed by atoms with Gasteiger partial charge in [0.25, 0.3) is 0 Å². The average Bonchev–Trinajstić information content (AvgIpc) is 2.83. The van der Waals surface area contributed by atoms with Crippen molar-refractivity contribution in [3.8, 4) is 0 Å². The van der Waals surface area contributed by atoms with Gasteiger partial charge in [0.15, 0.2) is 0 Å². The zero-order valence-corrected chi connectivity index (χ0v) is 7.71. The lowest BCUT2D eigenvalue weighted by Gasteiger charge is -1.99. The maximum atomic E-state index is 5.26. The van der Waals surface area contributed by atoms with Crippen molar-refractivity contribution in [2.24, 2.45) is 0 Å². The molecule has 1 fully saturated rings. The van der Waals surface area contributed by atoms with Gasteiger partial charge in [0.2, 0.25) is 0 Å². The Bertz CT molecular complexity index is 263. The first kappa shape index (κ1) is 7.84. The maximum absolute atomic E-state index is 5.26. The van der Waals surface area contributed by atoms with E-state index < -0.39 is 0 Å². The SMILES string of the molecule is CCC(C)c1cc(C2CC2)on1. The van der Waals surface area contributed by atoms with Gasteiger partial charge < -0.3 is 4.52 Å². The van der Waals surface area contributed by atoms with Crippen LogP contribution in [0.25, 0.3) is 0 Å². The Kier molecular flexibility index (Phi) is 1.91. The van der Waals surface area contributed by atoms with Crippen LogP contribution < -0.4 is 0 Å². The predicted molar refractivity (Wildman–Crippen MR) is 47.2 cm³/mol. The molecule has 0 aromatic carbocycles. The monoisotopic (exact) mass is 165 g/mol. The van der Waals surface area contributed by atoms with Crippen LogP contribution in [0.1, 0.15) is 56.4 Å². The number of hydrogen-bond donors (Lipinski definition) is 0. The highest BCUT2D eigenvalue weighted by Gasteiger charge is 2.28. The predicted octanol–water partition coefficient (Wildman–Crippen LogP) is 3.07. The Morgan fingerprint density at radius 1 is 1.67 bits per heavy atom. The Labute approximate surface area is 72.9 Å². The van der Waals surface area contributed by atoms with E-state index in [-0.39, 0.29) is 0 Å². The number of rotatable bonds is 3. The van der Waals surface area contributed by atoms with Gasteiger partial charge in [-0.1, -0.05) is 19.0 Å². The minimum absolute atomic E-state index is 0.543. The van der Waals surface area contributed by atoms with Crippen LogP contribution in [0.15, 0.2) is 10.6 Å². The van der Waals surface area contributed by atoms with Gasteiger partial charge in [-0.2, -0.15) is 0 Å². The highest BCUT2D eigenvalue weighted by molar-refractivity contribution is 5.16. The van der Waals surface area contributed by atoms with E-state index in [9.17, 15) is 0 Å². The lowest BCUT2D eigenvalue weighted by molar-refractivity contribution is 0.374. The lowest BCUT2D eigenvalue weighted by atomic mass is 10.1. The molecule has 0 aliphatic heterocycles. The quantitative estimate of drug-likeness (QED) is 0.688. The molecule has 1 aliphatic carbocycles. The zero-order chi connectivity index (χ0) is 8.55. The fourth-order valence-electron chi connectivity index (χ4n) is 1.31. The zero-order valence-electron chi connectivity index (χ0n) is 7.71. The molecule has 1 saturated carbocycles. The van der Waals surface area contributed by atoms with Crippen molar-refractivity contribution < 1.29 is 4.52 Å². The molecule has 0 radical (unpaired) electrons. The maximum Gasteiger partial charge on any atom is 0.140 e. The Hall–Kier alpha value is -0.790. The molecule has 2 heteroatoms. The average molecular weight is 165 g/mol. The van der Waals surface area contributed by atoms with Crippen LogP contribution in [-0.2, 0) is 0 Å². The van der Waals surface area contributed by atoms with Gasteiger partial charge in [0.05, 0.1) is 5.69 Å². The molecule has 0 bridgehead atoms. The molecular weight excluding hydrogens is 150 g/mol. The summed E-state index contributed by atoms with van der Waals surface area (Å²) in [7, 11) is 0. The van der Waals surface area contributed by atoms with Gasteiger partial charge in [0.1, 0.15) is 5.76 Å². The first-order valence-corrected chi connectivity index (χ1v) is 4.77. The van der Waals surface area contributed by atoms with E-state index in [2.05, 4.69) is 25.1 Å². The molecule has 0 spiro atoms. The second-order valence-electron chi connectivity index (χ2n) is 3.74. The summed E-state index contributed by atoms with van der Waals surface area (Å²) in [5.41, 5.74) is 1.12. The van der Waals surface area contributed by atoms with Gasteiger partial charge in [-0.15, -0.1) is 0 Å². The summed E-state index contributed by atoms with van der Waals surface area (Å²) >= 11 is 0. The van der Waals surface area contributed by atoms with Crippen molar-refractivity contribution in [1.29, 1.82) is 0 Å². The van der Waals surface area contributed by atoms with Gasteiger partial charge in [-0.05, 0) is 19.3 Å². The fourth-order valence-corrected chi connectivity index (χ4v) is 1.31. The van der Waals surface area contributed by atoms with Crippen molar-refractivity contribution in [2.45, 2.75) is 44.9 Å². The minimum atomic E-state index is 0.543. The van der Waals surface area contributed by atoms with Gasteiger partial charge >= 0.3 is 0 Å². The van der Waals surface area contributed by atoms with E-state index in [0.29, 0.717) is 11.8 Å². The van der Waals surface area contributed by atoms with Crippen LogP contribution in [0, 0.1) is 0 Å². The third-order valence-corrected chi connectivity index (χ3v) is 2.64. The van der Waals surface area contributed by atoms with Crippen molar-refractivity contribution in [3.05, 3.63) is 17.5 Å². The lowest BCUT2D eigenvalue weighted by Crippen LogP contribution is -1.89. The summed E-state index contributed by atoms with van der Waals surface area (Å²) in [6.07, 6.45) is 3.71. The van der Waals surface area contributed by atoms with Crippen LogP contribution in [0.5, 0.6) is 0 Å². The van der Waals surface area contributed by atoms with Gasteiger partial charge in [-0.25, -0.2) is 0 Å². The molecule has 1 aromatic heterocycles. The normalized spacial score (nSPS) is 19.5. The smallest absolute Gasteiger partial charge is 0.140 e. The topological polar surface area (TPSA) is 26.0 Å². The number of aromatic nitrogens is 1. The summed E-state index contributed by atoms with van der Waals surface area (Å²) in [4.78, 5) is 0. The van der Waals surface area contributed by atoms with Crippen molar-refractivity contribution in [3.63, 3.8) is 0 Å². The number of hydrogen-bond acceptors (Lipinski definition) is 2. The molecular formula is C10H15NO. The van der Waals surface area contributed by atoms with E-state index in [1.807, 2.05) is 0 Å². The molecule has 1 atom stereocenters. The molecule has 0 saturated heterocycles. The van der Waals surface area contributed by atoms with Crippen LogP contribution in [0.3, 0.4) is 0 Å². The minimum Gasteiger partial charge on any atom is -0.361 e. The summed E-state index contributed by atoms with van der Waals surface area (Å²) in [6.45, 7) is 4.37. The van der Waals surface area contributed by atoms with Crippen molar-refractivity contribution in [2.75, 3.05) is 0 Å². The van der Waals surface area contributed by atoms with Crippen LogP contribution in [-0.4, -0.2) is 5.16 Å². The molecule has 1 unspecified atom stereocenters. The van der Waals surface area contributed by atoms with Crippen LogP contribution in [0.4, 0.5) is 0 Å². The fraction of sp³-hybridized carbons (Fsp3) is 0.700. The first-order chi connectivity index (χ1) is 5.81. The molecule has 12 heavy (non-hydrogen) atoms. The molecule has 2 nitrogen and oxygen atoms in total. The standard InChI is InChI=1S/C10H15NO/c1-3-7(2)9-6-10(12-11-9)8-4-5-8/h6-8H,3-5H2,1-2H3. The van der Waals surface area contributed by atoms with E-state index in [1.165, 1.54) is 12.8 Å². The second-order valence-corrected chi connectivity index (χ2v) is 3.74. The van der Waals surface area contributed by atoms with Crippen molar-refractivity contribution in [1.82, 2.24) is 5.16 Å². The van der Waals surface area contributed by atoms with Crippen LogP contribution >= 0.6 is 0 Å². The Morgan fingerprint density at radius 3 is 3.00 bits per heavy atom. The molecule has 66 valence electrons. The molecule has 0 amide bonds. The summed E-state index contributed by atoms with van der Waals surface area (Å²) < 4.78 is 5.26. The Morgan fingerprint density at radius 2 is 2.42 bits per heavy atom. The van der Waals surface area contributed by atoms with Gasteiger partial charge in [0, 0.05) is 17.9 Å². The van der Waals surface area contributed by atoms with E-state index >= 15 is 0 Å². The largest absolute Gasteiger partial charge is 0.361 e. The summed E-state index contributed by atoms with van der Waals surface area (Å²) in [5, 5.41) is 4.07. The van der Waals surface area contributed by atoms with E-state index in [0.717, 1.165) is 17.9 Å². The molecule has 0 N–H and O–H groups in total. The molecule has 1 aromatic rings. The van der Waals surface area contributed by atoms with E-state index in [4.69, 9.17) is 4.52 Å². The molecule has 1 aliphatic rings. The highest BCUT2D eigenvalue weighted by Crippen LogP contribution is 2.40. The molecule has 2 rings (SSSR count). The van der Waals surface area contributed by atoms with E-state index in [1.54, 1.807) is 0 Å². The van der Waals surface area contributed by atoms with Crippen LogP contribution in [0.2, 0.25) is 0 Å². The first-order valence-electron chi connectivity index (χ1n) is 4.77. The van der Waals surface area contributed by atoms with Gasteiger partial charge in [-0.3, -0.25) is 0 Å². The summed E-state index contributed by atoms with van der Waals surface area (Å²) in [6, 6.07) is 2.13. The summed E-state index contributed by atoms with van der Waals surface area (Å²) in [5.74, 6) is 2.34. The Balaban J connectivity index is 2.12. The molecule has 1 heterocycles. The third-order valence-electron chi connectivity index (χ3n) is 2.64. The second kappa shape index (κ2) is 2.92. The third kappa shape index (κ3) is 1.38. The highest BCUT2D eigenvalue weighted by atomic mass is 16.5.